The summed E-state index contributed by atoms with van der Waals surface area (Å²) in [4.78, 5) is 24.1. The lowest BCUT2D eigenvalue weighted by atomic mass is 9.79. The third-order valence-corrected chi connectivity index (χ3v) is 3.99. The van der Waals surface area contributed by atoms with Gasteiger partial charge in [-0.3, -0.25) is 9.59 Å². The van der Waals surface area contributed by atoms with Crippen molar-refractivity contribution in [2.45, 2.75) is 63.6 Å². The highest BCUT2D eigenvalue weighted by Gasteiger charge is 2.41. The fraction of sp³-hybridized carbons (Fsp3) is 0.857. The summed E-state index contributed by atoms with van der Waals surface area (Å²) >= 11 is 0. The highest BCUT2D eigenvalue weighted by Crippen LogP contribution is 2.36. The Labute approximate surface area is 107 Å². The molecule has 4 nitrogen and oxygen atoms in total. The maximum atomic E-state index is 12.0. The first-order valence-electron chi connectivity index (χ1n) is 7.15. The standard InChI is InChI=1S/C14H20O4/c15-13(17-9-5-6-9)11-3-1-2-4-12(11)14(16)18-10-7-8-10/h9-12H,1-8H2. The van der Waals surface area contributed by atoms with Crippen LogP contribution in [0.1, 0.15) is 51.4 Å². The van der Waals surface area contributed by atoms with Gasteiger partial charge < -0.3 is 9.47 Å². The van der Waals surface area contributed by atoms with Crippen LogP contribution in [0.5, 0.6) is 0 Å². The second-order valence-electron chi connectivity index (χ2n) is 5.77. The smallest absolute Gasteiger partial charge is 0.310 e. The van der Waals surface area contributed by atoms with E-state index in [4.69, 9.17) is 9.47 Å². The molecule has 18 heavy (non-hydrogen) atoms. The van der Waals surface area contributed by atoms with Gasteiger partial charge in [-0.25, -0.2) is 0 Å². The van der Waals surface area contributed by atoms with Crippen molar-refractivity contribution in [2.75, 3.05) is 0 Å². The molecule has 0 aromatic carbocycles. The van der Waals surface area contributed by atoms with Gasteiger partial charge in [-0.15, -0.1) is 0 Å². The Balaban J connectivity index is 1.60. The van der Waals surface area contributed by atoms with E-state index in [0.717, 1.165) is 51.4 Å². The van der Waals surface area contributed by atoms with Crippen molar-refractivity contribution in [3.63, 3.8) is 0 Å². The van der Waals surface area contributed by atoms with Gasteiger partial charge in [0.1, 0.15) is 12.2 Å². The van der Waals surface area contributed by atoms with Crippen LogP contribution in [0, 0.1) is 11.8 Å². The molecule has 2 unspecified atom stereocenters. The number of carbonyl (C=O) groups excluding carboxylic acids is 2. The lowest BCUT2D eigenvalue weighted by Crippen LogP contribution is -2.35. The van der Waals surface area contributed by atoms with E-state index in [1.807, 2.05) is 0 Å². The first-order valence-corrected chi connectivity index (χ1v) is 7.15. The molecule has 0 aromatic heterocycles. The molecule has 0 bridgehead atoms. The first kappa shape index (κ1) is 12.0. The van der Waals surface area contributed by atoms with Gasteiger partial charge in [0.05, 0.1) is 11.8 Å². The number of hydrogen-bond donors (Lipinski definition) is 0. The fourth-order valence-corrected chi connectivity index (χ4v) is 2.57. The number of esters is 2. The first-order chi connectivity index (χ1) is 8.74. The Kier molecular flexibility index (Phi) is 3.27. The Morgan fingerprint density at radius 2 is 1.06 bits per heavy atom. The van der Waals surface area contributed by atoms with Crippen molar-refractivity contribution in [1.29, 1.82) is 0 Å². The second-order valence-corrected chi connectivity index (χ2v) is 5.77. The molecule has 0 amide bonds. The minimum Gasteiger partial charge on any atom is -0.462 e. The molecule has 0 N–H and O–H groups in total. The van der Waals surface area contributed by atoms with E-state index in [1.165, 1.54) is 0 Å². The summed E-state index contributed by atoms with van der Waals surface area (Å²) in [6.45, 7) is 0. The normalized spacial score (nSPS) is 31.8. The molecule has 3 rings (SSSR count). The van der Waals surface area contributed by atoms with E-state index in [9.17, 15) is 9.59 Å². The van der Waals surface area contributed by atoms with Gasteiger partial charge in [0.25, 0.3) is 0 Å². The zero-order valence-corrected chi connectivity index (χ0v) is 10.6. The van der Waals surface area contributed by atoms with E-state index in [0.29, 0.717) is 0 Å². The van der Waals surface area contributed by atoms with Crippen molar-refractivity contribution in [3.05, 3.63) is 0 Å². The summed E-state index contributed by atoms with van der Waals surface area (Å²) in [6, 6.07) is 0. The molecule has 0 aromatic rings. The van der Waals surface area contributed by atoms with Crippen molar-refractivity contribution >= 4 is 11.9 Å². The minimum atomic E-state index is -0.259. The van der Waals surface area contributed by atoms with Crippen molar-refractivity contribution in [3.8, 4) is 0 Å². The van der Waals surface area contributed by atoms with Crippen LogP contribution in [0.4, 0.5) is 0 Å². The van der Waals surface area contributed by atoms with Crippen molar-refractivity contribution in [1.82, 2.24) is 0 Å². The zero-order valence-electron chi connectivity index (χ0n) is 10.6. The fourth-order valence-electron chi connectivity index (χ4n) is 2.57. The molecular formula is C14H20O4. The molecule has 0 radical (unpaired) electrons. The Morgan fingerprint density at radius 1 is 0.667 bits per heavy atom. The van der Waals surface area contributed by atoms with Gasteiger partial charge in [-0.05, 0) is 38.5 Å². The van der Waals surface area contributed by atoms with Crippen LogP contribution in [0.3, 0.4) is 0 Å². The molecule has 0 heterocycles. The van der Waals surface area contributed by atoms with Crippen LogP contribution in [0.25, 0.3) is 0 Å². The number of hydrogen-bond acceptors (Lipinski definition) is 4. The average Bonchev–Trinajstić information content (AvgIpc) is 3.25. The number of rotatable bonds is 4. The Hall–Kier alpha value is -1.06. The molecule has 0 saturated heterocycles. The molecule has 2 atom stereocenters. The maximum Gasteiger partial charge on any atom is 0.310 e. The van der Waals surface area contributed by atoms with Crippen LogP contribution in [-0.2, 0) is 19.1 Å². The van der Waals surface area contributed by atoms with E-state index in [1.54, 1.807) is 0 Å². The third kappa shape index (κ3) is 2.85. The quantitative estimate of drug-likeness (QED) is 0.720. The van der Waals surface area contributed by atoms with Crippen LogP contribution < -0.4 is 0 Å². The highest BCUT2D eigenvalue weighted by atomic mass is 16.6. The van der Waals surface area contributed by atoms with Gasteiger partial charge in [-0.1, -0.05) is 12.8 Å². The van der Waals surface area contributed by atoms with Gasteiger partial charge in [0.2, 0.25) is 0 Å². The minimum absolute atomic E-state index is 0.125. The van der Waals surface area contributed by atoms with Crippen LogP contribution in [0.15, 0.2) is 0 Å². The van der Waals surface area contributed by atoms with Crippen LogP contribution in [-0.4, -0.2) is 24.1 Å². The molecule has 4 heteroatoms. The number of ether oxygens (including phenoxy) is 2. The van der Waals surface area contributed by atoms with E-state index in [2.05, 4.69) is 0 Å². The summed E-state index contributed by atoms with van der Waals surface area (Å²) in [5.74, 6) is -0.860. The molecule has 0 aliphatic heterocycles. The molecule has 3 saturated carbocycles. The zero-order chi connectivity index (χ0) is 12.5. The predicted octanol–water partition coefficient (Wildman–Crippen LogP) is 2.20. The molecule has 0 spiro atoms. The SMILES string of the molecule is O=C(OC1CC1)C1CCCCC1C(=O)OC1CC1. The summed E-state index contributed by atoms with van der Waals surface area (Å²) < 4.78 is 10.7. The Morgan fingerprint density at radius 3 is 1.39 bits per heavy atom. The molecule has 3 aliphatic rings. The number of carbonyl (C=O) groups is 2. The van der Waals surface area contributed by atoms with Gasteiger partial charge in [-0.2, -0.15) is 0 Å². The monoisotopic (exact) mass is 252 g/mol. The lowest BCUT2D eigenvalue weighted by molar-refractivity contribution is -0.164. The summed E-state index contributed by atoms with van der Waals surface area (Å²) in [7, 11) is 0. The van der Waals surface area contributed by atoms with E-state index >= 15 is 0 Å². The third-order valence-electron chi connectivity index (χ3n) is 3.99. The molecular weight excluding hydrogens is 232 g/mol. The van der Waals surface area contributed by atoms with Crippen molar-refractivity contribution < 1.29 is 19.1 Å². The van der Waals surface area contributed by atoms with Crippen molar-refractivity contribution in [2.24, 2.45) is 11.8 Å². The van der Waals surface area contributed by atoms with Gasteiger partial charge in [0.15, 0.2) is 0 Å². The van der Waals surface area contributed by atoms with Gasteiger partial charge >= 0.3 is 11.9 Å². The van der Waals surface area contributed by atoms with E-state index in [-0.39, 0.29) is 36.0 Å². The summed E-state index contributed by atoms with van der Waals surface area (Å²) in [6.07, 6.45) is 7.75. The van der Waals surface area contributed by atoms with E-state index < -0.39 is 0 Å². The summed E-state index contributed by atoms with van der Waals surface area (Å²) in [5, 5.41) is 0. The molecule has 3 aliphatic carbocycles. The topological polar surface area (TPSA) is 52.6 Å². The maximum absolute atomic E-state index is 12.0. The second kappa shape index (κ2) is 4.90. The lowest BCUT2D eigenvalue weighted by Gasteiger charge is -2.28. The highest BCUT2D eigenvalue weighted by molar-refractivity contribution is 5.82. The van der Waals surface area contributed by atoms with Gasteiger partial charge in [0, 0.05) is 0 Å². The Bertz CT molecular complexity index is 310. The van der Waals surface area contributed by atoms with Crippen LogP contribution >= 0.6 is 0 Å². The molecule has 3 fully saturated rings. The summed E-state index contributed by atoms with van der Waals surface area (Å²) in [5.41, 5.74) is 0. The average molecular weight is 252 g/mol. The largest absolute Gasteiger partial charge is 0.462 e. The predicted molar refractivity (Wildman–Crippen MR) is 63.7 cm³/mol. The molecule has 100 valence electrons. The van der Waals surface area contributed by atoms with Crippen LogP contribution in [0.2, 0.25) is 0 Å².